The second-order valence-electron chi connectivity index (χ2n) is 7.66. The van der Waals surface area contributed by atoms with Crippen molar-refractivity contribution in [2.45, 2.75) is 26.9 Å². The van der Waals surface area contributed by atoms with Gasteiger partial charge in [0.2, 0.25) is 6.79 Å². The molecule has 0 atom stereocenters. The molecule has 31 heavy (non-hydrogen) atoms. The van der Waals surface area contributed by atoms with Crippen LogP contribution >= 0.6 is 12.2 Å². The van der Waals surface area contributed by atoms with Crippen LogP contribution in [0.5, 0.6) is 17.2 Å². The number of hydrogen-bond donors (Lipinski definition) is 1. The summed E-state index contributed by atoms with van der Waals surface area (Å²) in [5.74, 6) is 2.30. The lowest BCUT2D eigenvalue weighted by atomic mass is 10.1. The summed E-state index contributed by atoms with van der Waals surface area (Å²) in [4.78, 5) is 2.14. The Hall–Kier alpha value is -3.25. The zero-order valence-electron chi connectivity index (χ0n) is 18.0. The lowest BCUT2D eigenvalue weighted by Gasteiger charge is -2.27. The molecule has 0 radical (unpaired) electrons. The van der Waals surface area contributed by atoms with E-state index in [1.807, 2.05) is 43.3 Å². The minimum absolute atomic E-state index is 0.263. The first-order valence-corrected chi connectivity index (χ1v) is 10.6. The standard InChI is InChI=1S/C25H26N2O3S/c1-17-4-7-19(8-5-17)14-27(15-20-9-11-23-24(13-20)30-16-29-23)25(31)26-21-12-18(2)6-10-22(21)28-3/h4-13H,14-16H2,1-3H3,(H,26,31). The first-order chi connectivity index (χ1) is 15.0. The molecule has 0 aromatic heterocycles. The van der Waals surface area contributed by atoms with Gasteiger partial charge in [-0.2, -0.15) is 0 Å². The molecule has 0 amide bonds. The summed E-state index contributed by atoms with van der Waals surface area (Å²) in [6, 6.07) is 20.5. The molecule has 3 aromatic carbocycles. The van der Waals surface area contributed by atoms with Crippen molar-refractivity contribution in [2.75, 3.05) is 19.2 Å². The Balaban J connectivity index is 1.58. The van der Waals surface area contributed by atoms with Gasteiger partial charge in [-0.3, -0.25) is 0 Å². The zero-order chi connectivity index (χ0) is 21.8. The van der Waals surface area contributed by atoms with Crippen LogP contribution in [0.2, 0.25) is 0 Å². The maximum atomic E-state index is 5.84. The van der Waals surface area contributed by atoms with Crippen molar-refractivity contribution >= 4 is 23.0 Å². The predicted molar refractivity (Wildman–Crippen MR) is 127 cm³/mol. The molecule has 0 bridgehead atoms. The average molecular weight is 435 g/mol. The van der Waals surface area contributed by atoms with Gasteiger partial charge < -0.3 is 24.4 Å². The Morgan fingerprint density at radius 2 is 1.58 bits per heavy atom. The minimum atomic E-state index is 0.263. The number of aryl methyl sites for hydroxylation is 2. The van der Waals surface area contributed by atoms with Gasteiger partial charge in [-0.25, -0.2) is 0 Å². The molecule has 6 heteroatoms. The van der Waals surface area contributed by atoms with Gasteiger partial charge in [-0.15, -0.1) is 0 Å². The van der Waals surface area contributed by atoms with Crippen molar-refractivity contribution in [2.24, 2.45) is 0 Å². The van der Waals surface area contributed by atoms with Crippen LogP contribution in [0.4, 0.5) is 5.69 Å². The number of nitrogens with one attached hydrogen (secondary N) is 1. The van der Waals surface area contributed by atoms with Crippen LogP contribution in [0.15, 0.2) is 60.7 Å². The number of benzene rings is 3. The van der Waals surface area contributed by atoms with E-state index in [0.717, 1.165) is 34.1 Å². The van der Waals surface area contributed by atoms with Gasteiger partial charge in [0, 0.05) is 13.1 Å². The number of hydrogen-bond acceptors (Lipinski definition) is 4. The van der Waals surface area contributed by atoms with E-state index >= 15 is 0 Å². The highest BCUT2D eigenvalue weighted by Crippen LogP contribution is 2.33. The summed E-state index contributed by atoms with van der Waals surface area (Å²) in [5.41, 5.74) is 5.50. The van der Waals surface area contributed by atoms with Crippen LogP contribution in [0.1, 0.15) is 22.3 Å². The quantitative estimate of drug-likeness (QED) is 0.521. The number of nitrogens with zero attached hydrogens (tertiary/aromatic N) is 1. The molecule has 1 N–H and O–H groups in total. The number of rotatable bonds is 6. The third-order valence-electron chi connectivity index (χ3n) is 5.19. The van der Waals surface area contributed by atoms with Gasteiger partial charge in [0.05, 0.1) is 12.8 Å². The van der Waals surface area contributed by atoms with Crippen molar-refractivity contribution in [3.05, 3.63) is 82.9 Å². The van der Waals surface area contributed by atoms with Crippen molar-refractivity contribution in [1.82, 2.24) is 4.90 Å². The van der Waals surface area contributed by atoms with E-state index in [1.165, 1.54) is 11.1 Å². The molecule has 0 saturated carbocycles. The van der Waals surface area contributed by atoms with Crippen LogP contribution in [-0.2, 0) is 13.1 Å². The molecule has 0 saturated heterocycles. The van der Waals surface area contributed by atoms with Gasteiger partial charge in [-0.05, 0) is 67.0 Å². The molecule has 1 aliphatic rings. The van der Waals surface area contributed by atoms with E-state index in [9.17, 15) is 0 Å². The molecular weight excluding hydrogens is 408 g/mol. The largest absolute Gasteiger partial charge is 0.495 e. The molecule has 3 aromatic rings. The van der Waals surface area contributed by atoms with Crippen molar-refractivity contribution in [3.63, 3.8) is 0 Å². The zero-order valence-corrected chi connectivity index (χ0v) is 18.8. The molecule has 1 aliphatic heterocycles. The normalized spacial score (nSPS) is 11.8. The molecule has 0 spiro atoms. The Morgan fingerprint density at radius 3 is 2.35 bits per heavy atom. The van der Waals surface area contributed by atoms with Crippen molar-refractivity contribution in [3.8, 4) is 17.2 Å². The van der Waals surface area contributed by atoms with E-state index in [2.05, 4.69) is 41.4 Å². The second-order valence-corrected chi connectivity index (χ2v) is 8.05. The van der Waals surface area contributed by atoms with Gasteiger partial charge in [0.25, 0.3) is 0 Å². The van der Waals surface area contributed by atoms with Gasteiger partial charge >= 0.3 is 0 Å². The Bertz CT molecular complexity index is 1080. The van der Waals surface area contributed by atoms with Crippen molar-refractivity contribution < 1.29 is 14.2 Å². The fraction of sp³-hybridized carbons (Fsp3) is 0.240. The summed E-state index contributed by atoms with van der Waals surface area (Å²) >= 11 is 5.84. The topological polar surface area (TPSA) is 43.0 Å². The Morgan fingerprint density at radius 1 is 0.903 bits per heavy atom. The maximum absolute atomic E-state index is 5.84. The number of ether oxygens (including phenoxy) is 3. The summed E-state index contributed by atoms with van der Waals surface area (Å²) in [6.07, 6.45) is 0. The predicted octanol–water partition coefficient (Wildman–Crippen LogP) is 5.44. The number of fused-ring (bicyclic) bond motifs is 1. The molecule has 160 valence electrons. The van der Waals surface area contributed by atoms with Crippen LogP contribution in [-0.4, -0.2) is 23.9 Å². The SMILES string of the molecule is COc1ccc(C)cc1NC(=S)N(Cc1ccc(C)cc1)Cc1ccc2c(c1)OCO2. The highest BCUT2D eigenvalue weighted by Gasteiger charge is 2.17. The van der Waals surface area contributed by atoms with Crippen LogP contribution < -0.4 is 19.5 Å². The minimum Gasteiger partial charge on any atom is -0.495 e. The van der Waals surface area contributed by atoms with E-state index in [0.29, 0.717) is 18.2 Å². The van der Waals surface area contributed by atoms with Crippen molar-refractivity contribution in [1.29, 1.82) is 0 Å². The fourth-order valence-electron chi connectivity index (χ4n) is 3.49. The smallest absolute Gasteiger partial charge is 0.231 e. The van der Waals surface area contributed by atoms with E-state index < -0.39 is 0 Å². The van der Waals surface area contributed by atoms with Crippen LogP contribution in [0.3, 0.4) is 0 Å². The van der Waals surface area contributed by atoms with Gasteiger partial charge in [-0.1, -0.05) is 42.0 Å². The monoisotopic (exact) mass is 434 g/mol. The third kappa shape index (κ3) is 5.09. The molecule has 0 unspecified atom stereocenters. The highest BCUT2D eigenvalue weighted by molar-refractivity contribution is 7.80. The summed E-state index contributed by atoms with van der Waals surface area (Å²) in [7, 11) is 1.66. The number of methoxy groups -OCH3 is 1. The first-order valence-electron chi connectivity index (χ1n) is 10.2. The van der Waals surface area contributed by atoms with Crippen LogP contribution in [0.25, 0.3) is 0 Å². The Labute approximate surface area is 188 Å². The summed E-state index contributed by atoms with van der Waals surface area (Å²) in [6.45, 7) is 5.70. The Kier molecular flexibility index (Phi) is 6.28. The van der Waals surface area contributed by atoms with Gasteiger partial charge in [0.15, 0.2) is 16.6 Å². The summed E-state index contributed by atoms with van der Waals surface area (Å²) < 4.78 is 16.5. The summed E-state index contributed by atoms with van der Waals surface area (Å²) in [5, 5.41) is 4.01. The first kappa shape index (κ1) is 21.0. The molecule has 0 aliphatic carbocycles. The average Bonchev–Trinajstić information content (AvgIpc) is 3.23. The van der Waals surface area contributed by atoms with E-state index in [1.54, 1.807) is 7.11 Å². The lowest BCUT2D eigenvalue weighted by Crippen LogP contribution is -2.34. The maximum Gasteiger partial charge on any atom is 0.231 e. The fourth-order valence-corrected chi connectivity index (χ4v) is 3.73. The molecule has 0 fully saturated rings. The third-order valence-corrected chi connectivity index (χ3v) is 5.55. The van der Waals surface area contributed by atoms with Crippen LogP contribution in [0, 0.1) is 13.8 Å². The van der Waals surface area contributed by atoms with Gasteiger partial charge in [0.1, 0.15) is 5.75 Å². The number of anilines is 1. The molecule has 1 heterocycles. The second kappa shape index (κ2) is 9.27. The molecule has 5 nitrogen and oxygen atoms in total. The molecule has 4 rings (SSSR count). The highest BCUT2D eigenvalue weighted by atomic mass is 32.1. The molecular formula is C25H26N2O3S. The van der Waals surface area contributed by atoms with E-state index in [4.69, 9.17) is 26.4 Å². The number of thiocarbonyl (C=S) groups is 1. The lowest BCUT2D eigenvalue weighted by molar-refractivity contribution is 0.174. The van der Waals surface area contributed by atoms with E-state index in [-0.39, 0.29) is 6.79 Å².